The number of fused-ring (bicyclic) bond motifs is 1. The van der Waals surface area contributed by atoms with Gasteiger partial charge in [-0.3, -0.25) is 14.4 Å². The molecule has 0 unspecified atom stereocenters. The number of carbonyl (C=O) groups excluding carboxylic acids is 2. The molecule has 4 rings (SSSR count). The van der Waals surface area contributed by atoms with Crippen LogP contribution < -0.4 is 5.56 Å². The average Bonchev–Trinajstić information content (AvgIpc) is 3.16. The highest BCUT2D eigenvalue weighted by atomic mass is 16.5. The van der Waals surface area contributed by atoms with Crippen molar-refractivity contribution in [2.75, 3.05) is 20.6 Å². The lowest BCUT2D eigenvalue weighted by Gasteiger charge is -2.26. The monoisotopic (exact) mass is 392 g/mol. The second kappa shape index (κ2) is 7.38. The quantitative estimate of drug-likeness (QED) is 0.734. The standard InChI is InChI=1S/C21H20N4O4/c1-24(2)21(28)18-15-12-25(11-10-17(15)29-23-18)20(27)14-8-9-16(22-19(14)26)13-6-4-3-5-7-13/h3-9H,10-12H2,1-2H3,(H,22,26). The Morgan fingerprint density at radius 1 is 1.14 bits per heavy atom. The molecule has 29 heavy (non-hydrogen) atoms. The van der Waals surface area contributed by atoms with E-state index in [-0.39, 0.29) is 29.6 Å². The zero-order valence-electron chi connectivity index (χ0n) is 16.1. The zero-order valence-corrected chi connectivity index (χ0v) is 16.1. The maximum absolute atomic E-state index is 13.0. The summed E-state index contributed by atoms with van der Waals surface area (Å²) >= 11 is 0. The number of aromatic nitrogens is 2. The van der Waals surface area contributed by atoms with Gasteiger partial charge in [-0.2, -0.15) is 0 Å². The van der Waals surface area contributed by atoms with E-state index in [1.54, 1.807) is 31.1 Å². The van der Waals surface area contributed by atoms with E-state index in [1.165, 1.54) is 4.90 Å². The molecule has 0 atom stereocenters. The normalized spacial score (nSPS) is 13.1. The number of rotatable bonds is 3. The van der Waals surface area contributed by atoms with Gasteiger partial charge in [-0.25, -0.2) is 0 Å². The Morgan fingerprint density at radius 3 is 2.59 bits per heavy atom. The number of benzene rings is 1. The summed E-state index contributed by atoms with van der Waals surface area (Å²) in [7, 11) is 3.26. The Morgan fingerprint density at radius 2 is 1.90 bits per heavy atom. The van der Waals surface area contributed by atoms with E-state index in [1.807, 2.05) is 30.3 Å². The molecule has 8 heteroatoms. The van der Waals surface area contributed by atoms with Crippen molar-refractivity contribution in [3.05, 3.63) is 75.4 Å². The fourth-order valence-electron chi connectivity index (χ4n) is 3.36. The van der Waals surface area contributed by atoms with Crippen molar-refractivity contribution < 1.29 is 14.1 Å². The summed E-state index contributed by atoms with van der Waals surface area (Å²) in [6.45, 7) is 0.558. The third-order valence-corrected chi connectivity index (χ3v) is 4.95. The van der Waals surface area contributed by atoms with Crippen LogP contribution in [0.2, 0.25) is 0 Å². The maximum Gasteiger partial charge on any atom is 0.275 e. The smallest absolute Gasteiger partial charge is 0.275 e. The van der Waals surface area contributed by atoms with Gasteiger partial charge in [-0.1, -0.05) is 35.5 Å². The molecule has 0 aliphatic carbocycles. The largest absolute Gasteiger partial charge is 0.360 e. The first-order valence-corrected chi connectivity index (χ1v) is 9.23. The van der Waals surface area contributed by atoms with Gasteiger partial charge in [0.25, 0.3) is 17.4 Å². The summed E-state index contributed by atoms with van der Waals surface area (Å²) in [5.74, 6) is -0.0668. The Balaban J connectivity index is 1.59. The Bertz CT molecular complexity index is 1130. The van der Waals surface area contributed by atoms with Crippen LogP contribution in [0.5, 0.6) is 0 Å². The molecule has 0 fully saturated rings. The summed E-state index contributed by atoms with van der Waals surface area (Å²) in [5.41, 5.74) is 1.92. The number of nitrogens with one attached hydrogen (secondary N) is 1. The lowest BCUT2D eigenvalue weighted by Crippen LogP contribution is -2.39. The zero-order chi connectivity index (χ0) is 20.5. The highest BCUT2D eigenvalue weighted by molar-refractivity contribution is 5.96. The van der Waals surface area contributed by atoms with Crippen molar-refractivity contribution >= 4 is 11.8 Å². The number of pyridine rings is 1. The highest BCUT2D eigenvalue weighted by Gasteiger charge is 2.31. The maximum atomic E-state index is 13.0. The van der Waals surface area contributed by atoms with Crippen LogP contribution >= 0.6 is 0 Å². The number of amides is 2. The van der Waals surface area contributed by atoms with Crippen molar-refractivity contribution in [2.24, 2.45) is 0 Å². The minimum Gasteiger partial charge on any atom is -0.360 e. The molecule has 1 aromatic carbocycles. The van der Waals surface area contributed by atoms with Crippen LogP contribution in [0.15, 0.2) is 51.8 Å². The van der Waals surface area contributed by atoms with Crippen LogP contribution in [-0.4, -0.2) is 52.4 Å². The van der Waals surface area contributed by atoms with E-state index in [0.29, 0.717) is 30.0 Å². The lowest BCUT2D eigenvalue weighted by atomic mass is 10.0. The summed E-state index contributed by atoms with van der Waals surface area (Å²) in [6, 6.07) is 12.7. The van der Waals surface area contributed by atoms with Gasteiger partial charge < -0.3 is 19.3 Å². The van der Waals surface area contributed by atoms with E-state index >= 15 is 0 Å². The van der Waals surface area contributed by atoms with Gasteiger partial charge in [-0.15, -0.1) is 0 Å². The third-order valence-electron chi connectivity index (χ3n) is 4.95. The Hall–Kier alpha value is -3.68. The van der Waals surface area contributed by atoms with Crippen molar-refractivity contribution in [1.82, 2.24) is 19.9 Å². The van der Waals surface area contributed by atoms with Crippen LogP contribution in [0.4, 0.5) is 0 Å². The molecule has 0 radical (unpaired) electrons. The lowest BCUT2D eigenvalue weighted by molar-refractivity contribution is 0.0722. The number of aromatic amines is 1. The minimum absolute atomic E-state index is 0.0603. The van der Waals surface area contributed by atoms with E-state index in [2.05, 4.69) is 10.1 Å². The third kappa shape index (κ3) is 3.44. The summed E-state index contributed by atoms with van der Waals surface area (Å²) < 4.78 is 5.28. The number of carbonyl (C=O) groups is 2. The van der Waals surface area contributed by atoms with Crippen molar-refractivity contribution in [1.29, 1.82) is 0 Å². The first kappa shape index (κ1) is 18.7. The molecule has 2 aromatic heterocycles. The van der Waals surface area contributed by atoms with Crippen LogP contribution in [-0.2, 0) is 13.0 Å². The van der Waals surface area contributed by atoms with Crippen LogP contribution in [0.3, 0.4) is 0 Å². The Kier molecular flexibility index (Phi) is 4.75. The molecule has 148 valence electrons. The van der Waals surface area contributed by atoms with Crippen LogP contribution in [0, 0.1) is 0 Å². The molecule has 0 saturated heterocycles. The molecule has 0 spiro atoms. The predicted octanol–water partition coefficient (Wildman–Crippen LogP) is 1.93. The van der Waals surface area contributed by atoms with Crippen LogP contribution in [0.1, 0.15) is 32.2 Å². The molecule has 0 bridgehead atoms. The molecule has 1 aliphatic rings. The van der Waals surface area contributed by atoms with Crippen molar-refractivity contribution in [3.8, 4) is 11.3 Å². The first-order chi connectivity index (χ1) is 14.0. The van der Waals surface area contributed by atoms with Gasteiger partial charge in [0.15, 0.2) is 5.69 Å². The molecule has 0 saturated carbocycles. The van der Waals surface area contributed by atoms with Gasteiger partial charge in [0.05, 0.1) is 6.54 Å². The second-order valence-corrected chi connectivity index (χ2v) is 7.09. The van der Waals surface area contributed by atoms with Crippen LogP contribution in [0.25, 0.3) is 11.3 Å². The van der Waals surface area contributed by atoms with Gasteiger partial charge in [0.1, 0.15) is 11.3 Å². The van der Waals surface area contributed by atoms with Gasteiger partial charge in [0, 0.05) is 38.3 Å². The van der Waals surface area contributed by atoms with Gasteiger partial charge in [-0.05, 0) is 17.7 Å². The molecule has 1 N–H and O–H groups in total. The molecule has 8 nitrogen and oxygen atoms in total. The van der Waals surface area contributed by atoms with Gasteiger partial charge in [0.2, 0.25) is 0 Å². The summed E-state index contributed by atoms with van der Waals surface area (Å²) in [6.07, 6.45) is 0.439. The molecule has 3 heterocycles. The number of nitrogens with zero attached hydrogens (tertiary/aromatic N) is 3. The summed E-state index contributed by atoms with van der Waals surface area (Å²) in [5, 5.41) is 3.88. The number of hydrogen-bond donors (Lipinski definition) is 1. The average molecular weight is 392 g/mol. The van der Waals surface area contributed by atoms with E-state index in [0.717, 1.165) is 5.56 Å². The fraction of sp³-hybridized carbons (Fsp3) is 0.238. The predicted molar refractivity (Wildman–Crippen MR) is 105 cm³/mol. The molecular formula is C21H20N4O4. The molecule has 2 amide bonds. The summed E-state index contributed by atoms with van der Waals surface area (Å²) in [4.78, 5) is 43.6. The number of H-pyrrole nitrogens is 1. The van der Waals surface area contributed by atoms with E-state index in [4.69, 9.17) is 4.52 Å². The van der Waals surface area contributed by atoms with Crippen molar-refractivity contribution in [3.63, 3.8) is 0 Å². The van der Waals surface area contributed by atoms with E-state index in [9.17, 15) is 14.4 Å². The number of hydrogen-bond acceptors (Lipinski definition) is 5. The Labute approximate surface area is 166 Å². The van der Waals surface area contributed by atoms with Gasteiger partial charge >= 0.3 is 0 Å². The van der Waals surface area contributed by atoms with Crippen molar-refractivity contribution in [2.45, 2.75) is 13.0 Å². The SMILES string of the molecule is CN(C)C(=O)c1noc2c1CN(C(=O)c1ccc(-c3ccccc3)[nH]c1=O)CC2. The molecule has 1 aliphatic heterocycles. The topological polar surface area (TPSA) is 99.5 Å². The molecule has 3 aromatic rings. The second-order valence-electron chi connectivity index (χ2n) is 7.09. The highest BCUT2D eigenvalue weighted by Crippen LogP contribution is 2.24. The van der Waals surface area contributed by atoms with E-state index < -0.39 is 5.56 Å². The molecular weight excluding hydrogens is 372 g/mol. The fourth-order valence-corrected chi connectivity index (χ4v) is 3.36. The minimum atomic E-state index is -0.447. The first-order valence-electron chi connectivity index (χ1n) is 9.23.